The predicted octanol–water partition coefficient (Wildman–Crippen LogP) is 1.65. The third-order valence-electron chi connectivity index (χ3n) is 3.56. The van der Waals surface area contributed by atoms with Crippen molar-refractivity contribution in [2.24, 2.45) is 11.7 Å². The van der Waals surface area contributed by atoms with E-state index in [2.05, 4.69) is 0 Å². The number of anilines is 1. The molecule has 1 saturated heterocycles. The molecule has 0 radical (unpaired) electrons. The van der Waals surface area contributed by atoms with Gasteiger partial charge >= 0.3 is 0 Å². The summed E-state index contributed by atoms with van der Waals surface area (Å²) in [4.78, 5) is 25.0. The first-order valence-corrected chi connectivity index (χ1v) is 6.97. The molecule has 1 aromatic carbocycles. The minimum absolute atomic E-state index is 0.0725. The Morgan fingerprint density at radius 2 is 1.90 bits per heavy atom. The normalized spacial score (nSPS) is 16.1. The average molecular weight is 296 g/mol. The number of likely N-dealkylation sites (tertiary alicyclic amines) is 1. The van der Waals surface area contributed by atoms with E-state index in [1.165, 1.54) is 0 Å². The van der Waals surface area contributed by atoms with Crippen LogP contribution in [0, 0.1) is 5.92 Å². The van der Waals surface area contributed by atoms with Crippen molar-refractivity contribution in [3.8, 4) is 0 Å². The zero-order valence-corrected chi connectivity index (χ0v) is 11.9. The van der Waals surface area contributed by atoms with E-state index in [0.29, 0.717) is 35.8 Å². The molecular weight excluding hydrogens is 278 g/mol. The number of piperidine rings is 1. The lowest BCUT2D eigenvalue weighted by Gasteiger charge is -2.31. The van der Waals surface area contributed by atoms with Gasteiger partial charge in [-0.2, -0.15) is 0 Å². The summed E-state index contributed by atoms with van der Waals surface area (Å²) in [6.45, 7) is 1.26. The topological polar surface area (TPSA) is 89.4 Å². The minimum atomic E-state index is -0.280. The van der Waals surface area contributed by atoms with Crippen LogP contribution in [0.1, 0.15) is 29.6 Å². The Morgan fingerprint density at radius 3 is 2.45 bits per heavy atom. The molecule has 0 aromatic heterocycles. The number of benzene rings is 1. The second kappa shape index (κ2) is 6.13. The molecule has 5 nitrogen and oxygen atoms in total. The summed E-state index contributed by atoms with van der Waals surface area (Å²) < 4.78 is 0. The lowest BCUT2D eigenvalue weighted by molar-refractivity contribution is -0.119. The number of amides is 2. The van der Waals surface area contributed by atoms with Gasteiger partial charge in [0, 0.05) is 35.8 Å². The molecule has 2 amide bonds. The van der Waals surface area contributed by atoms with Gasteiger partial charge in [0.1, 0.15) is 0 Å². The van der Waals surface area contributed by atoms with E-state index in [1.807, 2.05) is 0 Å². The number of hydrogen-bond acceptors (Lipinski definition) is 3. The maximum atomic E-state index is 12.4. The highest BCUT2D eigenvalue weighted by molar-refractivity contribution is 6.31. The maximum Gasteiger partial charge on any atom is 0.253 e. The fraction of sp³-hybridized carbons (Fsp3) is 0.429. The van der Waals surface area contributed by atoms with E-state index < -0.39 is 0 Å². The molecular formula is C14H18ClN3O2. The lowest BCUT2D eigenvalue weighted by Crippen LogP contribution is -2.39. The highest BCUT2D eigenvalue weighted by atomic mass is 35.5. The van der Waals surface area contributed by atoms with Gasteiger partial charge in [-0.05, 0) is 37.0 Å². The van der Waals surface area contributed by atoms with Crippen LogP contribution in [0.25, 0.3) is 0 Å². The monoisotopic (exact) mass is 295 g/mol. The molecule has 108 valence electrons. The van der Waals surface area contributed by atoms with Crippen LogP contribution in [0.3, 0.4) is 0 Å². The summed E-state index contributed by atoms with van der Waals surface area (Å²) in [7, 11) is 0. The van der Waals surface area contributed by atoms with Crippen molar-refractivity contribution in [3.63, 3.8) is 0 Å². The van der Waals surface area contributed by atoms with Crippen molar-refractivity contribution in [3.05, 3.63) is 28.8 Å². The van der Waals surface area contributed by atoms with Gasteiger partial charge in [-0.15, -0.1) is 0 Å². The summed E-state index contributed by atoms with van der Waals surface area (Å²) in [5, 5.41) is 0.456. The number of primary amides is 1. The van der Waals surface area contributed by atoms with Crippen LogP contribution < -0.4 is 11.5 Å². The van der Waals surface area contributed by atoms with E-state index in [1.54, 1.807) is 23.1 Å². The smallest absolute Gasteiger partial charge is 0.253 e. The van der Waals surface area contributed by atoms with Gasteiger partial charge in [0.05, 0.1) is 0 Å². The van der Waals surface area contributed by atoms with E-state index in [4.69, 9.17) is 23.1 Å². The Labute approximate surface area is 122 Å². The highest BCUT2D eigenvalue weighted by Crippen LogP contribution is 2.23. The highest BCUT2D eigenvalue weighted by Gasteiger charge is 2.24. The van der Waals surface area contributed by atoms with E-state index in [9.17, 15) is 9.59 Å². The van der Waals surface area contributed by atoms with E-state index >= 15 is 0 Å². The van der Waals surface area contributed by atoms with Gasteiger partial charge in [-0.1, -0.05) is 11.6 Å². The quantitative estimate of drug-likeness (QED) is 0.831. The third-order valence-corrected chi connectivity index (χ3v) is 3.78. The molecule has 0 spiro atoms. The summed E-state index contributed by atoms with van der Waals surface area (Å²) in [5.41, 5.74) is 11.9. The van der Waals surface area contributed by atoms with Crippen LogP contribution in [0.4, 0.5) is 5.69 Å². The standard InChI is InChI=1S/C14H18ClN3O2/c15-11-6-10(7-12(16)8-11)14(20)18-3-1-9(2-4-18)5-13(17)19/h6-9H,1-5,16H2,(H2,17,19). The Bertz CT molecular complexity index is 505. The molecule has 0 saturated carbocycles. The molecule has 20 heavy (non-hydrogen) atoms. The summed E-state index contributed by atoms with van der Waals surface area (Å²) in [6.07, 6.45) is 1.99. The first kappa shape index (κ1) is 14.7. The molecule has 1 aliphatic heterocycles. The third kappa shape index (κ3) is 3.63. The fourth-order valence-electron chi connectivity index (χ4n) is 2.54. The Morgan fingerprint density at radius 1 is 1.25 bits per heavy atom. The number of nitrogens with two attached hydrogens (primary N) is 2. The molecule has 0 unspecified atom stereocenters. The number of rotatable bonds is 3. The van der Waals surface area contributed by atoms with Gasteiger partial charge < -0.3 is 16.4 Å². The second-order valence-corrected chi connectivity index (χ2v) is 5.62. The number of nitrogens with zero attached hydrogens (tertiary/aromatic N) is 1. The molecule has 0 bridgehead atoms. The molecule has 0 atom stereocenters. The van der Waals surface area contributed by atoms with E-state index in [-0.39, 0.29) is 17.7 Å². The maximum absolute atomic E-state index is 12.4. The van der Waals surface area contributed by atoms with Crippen molar-refractivity contribution in [1.29, 1.82) is 0 Å². The van der Waals surface area contributed by atoms with Crippen molar-refractivity contribution >= 4 is 29.1 Å². The molecule has 1 aliphatic rings. The average Bonchev–Trinajstić information content (AvgIpc) is 2.37. The minimum Gasteiger partial charge on any atom is -0.399 e. The van der Waals surface area contributed by atoms with Crippen LogP contribution in [0.5, 0.6) is 0 Å². The summed E-state index contributed by atoms with van der Waals surface area (Å²) in [5.74, 6) is -0.0740. The zero-order chi connectivity index (χ0) is 14.7. The van der Waals surface area contributed by atoms with Crippen LogP contribution in [-0.2, 0) is 4.79 Å². The number of nitrogen functional groups attached to an aromatic ring is 1. The van der Waals surface area contributed by atoms with Crippen molar-refractivity contribution in [1.82, 2.24) is 4.90 Å². The summed E-state index contributed by atoms with van der Waals surface area (Å²) in [6, 6.07) is 4.86. The van der Waals surface area contributed by atoms with E-state index in [0.717, 1.165) is 12.8 Å². The molecule has 2 rings (SSSR count). The Kier molecular flexibility index (Phi) is 4.49. The Hall–Kier alpha value is -1.75. The SMILES string of the molecule is NC(=O)CC1CCN(C(=O)c2cc(N)cc(Cl)c2)CC1. The van der Waals surface area contributed by atoms with Gasteiger partial charge in [0.15, 0.2) is 0 Å². The molecule has 4 N–H and O–H groups in total. The van der Waals surface area contributed by atoms with Crippen molar-refractivity contribution in [2.75, 3.05) is 18.8 Å². The first-order chi connectivity index (χ1) is 9.45. The van der Waals surface area contributed by atoms with Gasteiger partial charge in [0.2, 0.25) is 5.91 Å². The first-order valence-electron chi connectivity index (χ1n) is 6.59. The number of carbonyl (C=O) groups is 2. The molecule has 1 fully saturated rings. The Balaban J connectivity index is 1.99. The largest absolute Gasteiger partial charge is 0.399 e. The predicted molar refractivity (Wildman–Crippen MR) is 78.3 cm³/mol. The number of hydrogen-bond donors (Lipinski definition) is 2. The molecule has 1 aromatic rings. The van der Waals surface area contributed by atoms with Gasteiger partial charge in [0.25, 0.3) is 5.91 Å². The van der Waals surface area contributed by atoms with Crippen LogP contribution >= 0.6 is 11.6 Å². The lowest BCUT2D eigenvalue weighted by atomic mass is 9.93. The molecule has 0 aliphatic carbocycles. The van der Waals surface area contributed by atoms with Crippen LogP contribution in [0.15, 0.2) is 18.2 Å². The second-order valence-electron chi connectivity index (χ2n) is 5.18. The van der Waals surface area contributed by atoms with Crippen LogP contribution in [0.2, 0.25) is 5.02 Å². The molecule has 1 heterocycles. The molecule has 6 heteroatoms. The number of carbonyl (C=O) groups excluding carboxylic acids is 2. The summed E-state index contributed by atoms with van der Waals surface area (Å²) >= 11 is 5.91. The van der Waals surface area contributed by atoms with Gasteiger partial charge in [-0.25, -0.2) is 0 Å². The van der Waals surface area contributed by atoms with Crippen molar-refractivity contribution < 1.29 is 9.59 Å². The fourth-order valence-corrected chi connectivity index (χ4v) is 2.79. The number of halogens is 1. The van der Waals surface area contributed by atoms with Crippen molar-refractivity contribution in [2.45, 2.75) is 19.3 Å². The zero-order valence-electron chi connectivity index (χ0n) is 11.1. The van der Waals surface area contributed by atoms with Crippen LogP contribution in [-0.4, -0.2) is 29.8 Å². The van der Waals surface area contributed by atoms with Gasteiger partial charge in [-0.3, -0.25) is 9.59 Å².